The minimum atomic E-state index is 0.324. The lowest BCUT2D eigenvalue weighted by molar-refractivity contribution is 0.174. The van der Waals surface area contributed by atoms with Crippen molar-refractivity contribution in [3.05, 3.63) is 42.5 Å². The van der Waals surface area contributed by atoms with Crippen LogP contribution in [0.4, 0.5) is 10.8 Å². The standard InChI is InChI=1S/C18H17N3O2S/c1-2-4-17-14(3-1)19-18(24-17)21-9-7-20(8-10-21)13-5-6-15-16(11-13)23-12-22-15/h1-6,11H,7-10,12H2. The lowest BCUT2D eigenvalue weighted by Crippen LogP contribution is -2.46. The Hall–Kier alpha value is -2.47. The van der Waals surface area contributed by atoms with Crippen molar-refractivity contribution in [2.24, 2.45) is 0 Å². The maximum atomic E-state index is 5.49. The fourth-order valence-corrected chi connectivity index (χ4v) is 4.25. The highest BCUT2D eigenvalue weighted by molar-refractivity contribution is 7.22. The minimum absolute atomic E-state index is 0.324. The number of rotatable bonds is 2. The number of para-hydroxylation sites is 1. The number of aromatic nitrogens is 1. The summed E-state index contributed by atoms with van der Waals surface area (Å²) in [5.41, 5.74) is 2.29. The van der Waals surface area contributed by atoms with Crippen LogP contribution in [0, 0.1) is 0 Å². The number of hydrogen-bond acceptors (Lipinski definition) is 6. The third-order valence-corrected chi connectivity index (χ3v) is 5.65. The highest BCUT2D eigenvalue weighted by atomic mass is 32.1. The van der Waals surface area contributed by atoms with Crippen molar-refractivity contribution >= 4 is 32.4 Å². The van der Waals surface area contributed by atoms with E-state index >= 15 is 0 Å². The van der Waals surface area contributed by atoms with Crippen molar-refractivity contribution in [3.63, 3.8) is 0 Å². The van der Waals surface area contributed by atoms with Crippen molar-refractivity contribution in [3.8, 4) is 11.5 Å². The topological polar surface area (TPSA) is 37.8 Å². The molecule has 0 N–H and O–H groups in total. The quantitative estimate of drug-likeness (QED) is 0.716. The van der Waals surface area contributed by atoms with E-state index in [-0.39, 0.29) is 0 Å². The zero-order chi connectivity index (χ0) is 15.9. The molecule has 0 unspecified atom stereocenters. The molecular formula is C18H17N3O2S. The Morgan fingerprint density at radius 3 is 2.54 bits per heavy atom. The molecule has 24 heavy (non-hydrogen) atoms. The molecule has 0 atom stereocenters. The number of thiazole rings is 1. The molecule has 0 bridgehead atoms. The van der Waals surface area contributed by atoms with Gasteiger partial charge in [-0.1, -0.05) is 23.5 Å². The molecule has 5 rings (SSSR count). The molecule has 5 nitrogen and oxygen atoms in total. The predicted octanol–water partition coefficient (Wildman–Crippen LogP) is 3.35. The van der Waals surface area contributed by atoms with Gasteiger partial charge in [-0.25, -0.2) is 4.98 Å². The lowest BCUT2D eigenvalue weighted by atomic mass is 10.2. The van der Waals surface area contributed by atoms with E-state index in [0.29, 0.717) is 6.79 Å². The molecule has 3 heterocycles. The third kappa shape index (κ3) is 2.34. The summed E-state index contributed by atoms with van der Waals surface area (Å²) < 4.78 is 12.1. The molecule has 1 saturated heterocycles. The Kier molecular flexibility index (Phi) is 3.23. The fourth-order valence-electron chi connectivity index (χ4n) is 3.23. The maximum absolute atomic E-state index is 5.49. The lowest BCUT2D eigenvalue weighted by Gasteiger charge is -2.36. The molecule has 2 aliphatic rings. The highest BCUT2D eigenvalue weighted by Gasteiger charge is 2.22. The Bertz CT molecular complexity index is 854. The smallest absolute Gasteiger partial charge is 0.231 e. The minimum Gasteiger partial charge on any atom is -0.454 e. The first-order valence-electron chi connectivity index (χ1n) is 8.12. The van der Waals surface area contributed by atoms with Crippen LogP contribution < -0.4 is 19.3 Å². The molecule has 0 radical (unpaired) electrons. The zero-order valence-corrected chi connectivity index (χ0v) is 14.0. The van der Waals surface area contributed by atoms with E-state index in [1.54, 1.807) is 11.3 Å². The first kappa shape index (κ1) is 13.9. The van der Waals surface area contributed by atoms with E-state index in [1.165, 1.54) is 10.4 Å². The van der Waals surface area contributed by atoms with E-state index in [2.05, 4.69) is 40.1 Å². The molecule has 6 heteroatoms. The molecule has 0 spiro atoms. The van der Waals surface area contributed by atoms with Gasteiger partial charge >= 0.3 is 0 Å². The summed E-state index contributed by atoms with van der Waals surface area (Å²) in [5, 5.41) is 1.13. The van der Waals surface area contributed by atoms with Crippen LogP contribution in [0.5, 0.6) is 11.5 Å². The Morgan fingerprint density at radius 2 is 1.67 bits per heavy atom. The van der Waals surface area contributed by atoms with Gasteiger partial charge in [0.1, 0.15) is 0 Å². The van der Waals surface area contributed by atoms with Crippen molar-refractivity contribution < 1.29 is 9.47 Å². The maximum Gasteiger partial charge on any atom is 0.231 e. The van der Waals surface area contributed by atoms with E-state index in [9.17, 15) is 0 Å². The second kappa shape index (κ2) is 5.56. The summed E-state index contributed by atoms with van der Waals surface area (Å²) in [5.74, 6) is 1.69. The Morgan fingerprint density at radius 1 is 0.875 bits per heavy atom. The summed E-state index contributed by atoms with van der Waals surface area (Å²) in [4.78, 5) is 9.55. The van der Waals surface area contributed by atoms with E-state index < -0.39 is 0 Å². The van der Waals surface area contributed by atoms with Crippen LogP contribution in [0.3, 0.4) is 0 Å². The number of benzene rings is 2. The van der Waals surface area contributed by atoms with Gasteiger partial charge in [-0.3, -0.25) is 0 Å². The van der Waals surface area contributed by atoms with E-state index in [0.717, 1.165) is 48.3 Å². The van der Waals surface area contributed by atoms with Crippen LogP contribution in [0.15, 0.2) is 42.5 Å². The summed E-state index contributed by atoms with van der Waals surface area (Å²) >= 11 is 1.78. The molecule has 1 aromatic heterocycles. The van der Waals surface area contributed by atoms with Crippen LogP contribution in [0.25, 0.3) is 10.2 Å². The van der Waals surface area contributed by atoms with E-state index in [4.69, 9.17) is 14.5 Å². The third-order valence-electron chi connectivity index (χ3n) is 4.55. The highest BCUT2D eigenvalue weighted by Crippen LogP contribution is 2.36. The molecule has 0 amide bonds. The van der Waals surface area contributed by atoms with Crippen LogP contribution in [0.1, 0.15) is 0 Å². The van der Waals surface area contributed by atoms with Gasteiger partial charge < -0.3 is 19.3 Å². The molecule has 0 saturated carbocycles. The molecule has 2 aromatic carbocycles. The predicted molar refractivity (Wildman–Crippen MR) is 96.6 cm³/mol. The average Bonchev–Trinajstić information content (AvgIpc) is 3.27. The Balaban J connectivity index is 1.32. The number of piperazine rings is 1. The first-order chi connectivity index (χ1) is 11.9. The van der Waals surface area contributed by atoms with Crippen molar-refractivity contribution in [1.82, 2.24) is 4.98 Å². The van der Waals surface area contributed by atoms with Gasteiger partial charge in [0.2, 0.25) is 6.79 Å². The van der Waals surface area contributed by atoms with Gasteiger partial charge in [0.25, 0.3) is 0 Å². The van der Waals surface area contributed by atoms with Gasteiger partial charge in [0.05, 0.1) is 10.2 Å². The van der Waals surface area contributed by atoms with Gasteiger partial charge in [0, 0.05) is 37.9 Å². The summed E-state index contributed by atoms with van der Waals surface area (Å²) in [6.07, 6.45) is 0. The Labute approximate surface area is 144 Å². The van der Waals surface area contributed by atoms with Crippen LogP contribution in [0.2, 0.25) is 0 Å². The second-order valence-electron chi connectivity index (χ2n) is 5.98. The number of nitrogens with zero attached hydrogens (tertiary/aromatic N) is 3. The molecule has 3 aromatic rings. The number of ether oxygens (including phenoxy) is 2. The number of fused-ring (bicyclic) bond motifs is 2. The van der Waals surface area contributed by atoms with Crippen LogP contribution in [-0.4, -0.2) is 38.0 Å². The van der Waals surface area contributed by atoms with Gasteiger partial charge in [-0.05, 0) is 24.3 Å². The van der Waals surface area contributed by atoms with Crippen LogP contribution >= 0.6 is 11.3 Å². The van der Waals surface area contributed by atoms with Gasteiger partial charge in [0.15, 0.2) is 16.6 Å². The molecule has 0 aliphatic carbocycles. The first-order valence-corrected chi connectivity index (χ1v) is 8.94. The SMILES string of the molecule is c1ccc2sc(N3CCN(c4ccc5c(c4)OCO5)CC3)nc2c1. The largest absolute Gasteiger partial charge is 0.454 e. The fraction of sp³-hybridized carbons (Fsp3) is 0.278. The second-order valence-corrected chi connectivity index (χ2v) is 6.98. The van der Waals surface area contributed by atoms with Crippen molar-refractivity contribution in [2.75, 3.05) is 42.8 Å². The molecule has 122 valence electrons. The zero-order valence-electron chi connectivity index (χ0n) is 13.1. The van der Waals surface area contributed by atoms with Gasteiger partial charge in [-0.15, -0.1) is 0 Å². The summed E-state index contributed by atoms with van der Waals surface area (Å²) in [6.45, 7) is 4.25. The molecule has 1 fully saturated rings. The number of anilines is 2. The van der Waals surface area contributed by atoms with Gasteiger partial charge in [-0.2, -0.15) is 0 Å². The summed E-state index contributed by atoms with van der Waals surface area (Å²) in [7, 11) is 0. The monoisotopic (exact) mass is 339 g/mol. The summed E-state index contributed by atoms with van der Waals surface area (Å²) in [6, 6.07) is 14.5. The van der Waals surface area contributed by atoms with Crippen LogP contribution in [-0.2, 0) is 0 Å². The molecule has 2 aliphatic heterocycles. The van der Waals surface area contributed by atoms with E-state index in [1.807, 2.05) is 12.1 Å². The average molecular weight is 339 g/mol. The van der Waals surface area contributed by atoms with Crippen molar-refractivity contribution in [1.29, 1.82) is 0 Å². The molecular weight excluding hydrogens is 322 g/mol. The van der Waals surface area contributed by atoms with Crippen molar-refractivity contribution in [2.45, 2.75) is 0 Å². The number of hydrogen-bond donors (Lipinski definition) is 0. The normalized spacial score (nSPS) is 16.8.